The summed E-state index contributed by atoms with van der Waals surface area (Å²) >= 11 is 0. The molecule has 2 aromatic carbocycles. The number of rotatable bonds is 7. The standard InChI is InChI=1S/C34H41N3O7/c1-17-14-23-24(36(4)5)15-22(21-10-8-20(9-11-21)16-37-12-6-7-13-37)29(39)26(23)30(40)25(17)31(41)34(44)19(3)18(2)28(38)27(32(34)42)33(35)43/h8-11,15,17-19,39-40,42,44H,6-7,12-14,16H2,1-5H3,(H2,35,43)/t17-,18-,19+,34+/m1/s1. The maximum absolute atomic E-state index is 14.2. The van der Waals surface area contributed by atoms with Gasteiger partial charge < -0.3 is 31.1 Å². The van der Waals surface area contributed by atoms with Gasteiger partial charge in [-0.05, 0) is 61.0 Å². The number of primary amides is 1. The first-order valence-corrected chi connectivity index (χ1v) is 15.1. The average molecular weight is 604 g/mol. The van der Waals surface area contributed by atoms with E-state index in [0.717, 1.165) is 36.4 Å². The van der Waals surface area contributed by atoms with Crippen molar-refractivity contribution in [1.29, 1.82) is 0 Å². The van der Waals surface area contributed by atoms with E-state index in [1.165, 1.54) is 26.7 Å². The van der Waals surface area contributed by atoms with Gasteiger partial charge in [0.25, 0.3) is 5.91 Å². The summed E-state index contributed by atoms with van der Waals surface area (Å²) < 4.78 is 0. The monoisotopic (exact) mass is 603 g/mol. The first kappa shape index (κ1) is 31.3. The fourth-order valence-electron chi connectivity index (χ4n) is 6.97. The third-order valence-electron chi connectivity index (χ3n) is 9.73. The summed E-state index contributed by atoms with van der Waals surface area (Å²) in [6.45, 7) is 7.54. The molecule has 3 aliphatic rings. The molecule has 1 saturated heterocycles. The second-order valence-electron chi connectivity index (χ2n) is 12.7. The molecule has 0 unspecified atom stereocenters. The lowest BCUT2D eigenvalue weighted by Crippen LogP contribution is -2.56. The number of aromatic hydroxyl groups is 1. The van der Waals surface area contributed by atoms with E-state index in [1.807, 2.05) is 49.3 Å². The van der Waals surface area contributed by atoms with E-state index in [0.29, 0.717) is 11.1 Å². The molecule has 0 spiro atoms. The van der Waals surface area contributed by atoms with Crippen molar-refractivity contribution in [2.75, 3.05) is 32.1 Å². The number of anilines is 1. The van der Waals surface area contributed by atoms with Crippen molar-refractivity contribution in [1.82, 2.24) is 4.90 Å². The molecule has 1 fully saturated rings. The second kappa shape index (κ2) is 11.4. The Labute approximate surface area is 257 Å². The highest BCUT2D eigenvalue weighted by molar-refractivity contribution is 6.23. The number of hydrogen-bond donors (Lipinski definition) is 5. The maximum atomic E-state index is 14.2. The normalized spacial score (nSPS) is 25.8. The Bertz CT molecular complexity index is 1600. The van der Waals surface area contributed by atoms with Crippen molar-refractivity contribution in [3.63, 3.8) is 0 Å². The number of amides is 1. The summed E-state index contributed by atoms with van der Waals surface area (Å²) in [7, 11) is 3.70. The molecular formula is C34H41N3O7. The van der Waals surface area contributed by atoms with Gasteiger partial charge in [-0.2, -0.15) is 0 Å². The lowest BCUT2D eigenvalue weighted by molar-refractivity contribution is -0.146. The molecule has 1 aliphatic heterocycles. The molecule has 44 heavy (non-hydrogen) atoms. The lowest BCUT2D eigenvalue weighted by Gasteiger charge is -2.41. The minimum Gasteiger partial charge on any atom is -0.508 e. The number of nitrogens with two attached hydrogens (primary N) is 1. The highest BCUT2D eigenvalue weighted by Crippen LogP contribution is 2.50. The quantitative estimate of drug-likeness (QED) is 0.297. The van der Waals surface area contributed by atoms with Gasteiger partial charge in [-0.25, -0.2) is 0 Å². The Hall–Kier alpha value is -4.15. The number of aliphatic hydroxyl groups excluding tert-OH is 2. The van der Waals surface area contributed by atoms with Gasteiger partial charge in [-0.15, -0.1) is 0 Å². The first-order chi connectivity index (χ1) is 20.7. The van der Waals surface area contributed by atoms with Crippen LogP contribution in [0.3, 0.4) is 0 Å². The molecular weight excluding hydrogens is 562 g/mol. The van der Waals surface area contributed by atoms with Crippen LogP contribution < -0.4 is 10.6 Å². The van der Waals surface area contributed by atoms with E-state index in [4.69, 9.17) is 5.73 Å². The molecule has 2 aromatic rings. The zero-order valence-electron chi connectivity index (χ0n) is 25.8. The average Bonchev–Trinajstić information content (AvgIpc) is 3.48. The van der Waals surface area contributed by atoms with E-state index in [-0.39, 0.29) is 23.3 Å². The number of Topliss-reactive ketones (excluding diaryl/α,β-unsaturated/α-hetero) is 2. The summed E-state index contributed by atoms with van der Waals surface area (Å²) in [5, 5.41) is 46.1. The molecule has 234 valence electrons. The molecule has 2 aliphatic carbocycles. The van der Waals surface area contributed by atoms with Gasteiger partial charge in [0, 0.05) is 49.3 Å². The van der Waals surface area contributed by atoms with Gasteiger partial charge in [0.2, 0.25) is 5.78 Å². The van der Waals surface area contributed by atoms with Crippen LogP contribution in [-0.2, 0) is 27.3 Å². The number of hydrogen-bond acceptors (Lipinski definition) is 9. The van der Waals surface area contributed by atoms with Crippen LogP contribution in [0.2, 0.25) is 0 Å². The van der Waals surface area contributed by atoms with Crippen LogP contribution >= 0.6 is 0 Å². The highest BCUT2D eigenvalue weighted by atomic mass is 16.3. The van der Waals surface area contributed by atoms with Crippen LogP contribution in [-0.4, -0.2) is 75.6 Å². The molecule has 6 N–H and O–H groups in total. The van der Waals surface area contributed by atoms with Crippen LogP contribution in [0.4, 0.5) is 5.69 Å². The van der Waals surface area contributed by atoms with Gasteiger partial charge in [0.15, 0.2) is 11.4 Å². The smallest absolute Gasteiger partial charge is 0.255 e. The Balaban J connectivity index is 1.65. The SMILES string of the molecule is C[C@@H]1Cc2c(N(C)C)cc(-c3ccc(CN4CCCC4)cc3)c(O)c2C(O)=C1C(=O)[C@]1(O)C(O)=C(C(N)=O)C(=O)[C@H](C)[C@@H]1C. The van der Waals surface area contributed by atoms with E-state index >= 15 is 0 Å². The number of phenols is 1. The molecule has 0 saturated carbocycles. The topological polar surface area (TPSA) is 165 Å². The Kier molecular flexibility index (Phi) is 8.11. The molecule has 4 atom stereocenters. The number of aliphatic hydroxyl groups is 3. The predicted octanol–water partition coefficient (Wildman–Crippen LogP) is 3.63. The fourth-order valence-corrected chi connectivity index (χ4v) is 6.97. The first-order valence-electron chi connectivity index (χ1n) is 15.1. The molecule has 1 amide bonds. The third-order valence-corrected chi connectivity index (χ3v) is 9.73. The fraction of sp³-hybridized carbons (Fsp3) is 0.441. The van der Waals surface area contributed by atoms with Crippen LogP contribution in [0.1, 0.15) is 50.3 Å². The molecule has 0 aromatic heterocycles. The number of likely N-dealkylation sites (tertiary alicyclic amines) is 1. The van der Waals surface area contributed by atoms with Crippen molar-refractivity contribution in [2.24, 2.45) is 23.5 Å². The van der Waals surface area contributed by atoms with Crippen molar-refractivity contribution in [3.05, 3.63) is 63.9 Å². The van der Waals surface area contributed by atoms with Gasteiger partial charge in [-0.1, -0.05) is 45.0 Å². The van der Waals surface area contributed by atoms with Crippen molar-refractivity contribution >= 4 is 28.9 Å². The van der Waals surface area contributed by atoms with Gasteiger partial charge in [0.05, 0.1) is 5.56 Å². The van der Waals surface area contributed by atoms with E-state index in [2.05, 4.69) is 4.90 Å². The molecule has 10 heteroatoms. The van der Waals surface area contributed by atoms with Gasteiger partial charge >= 0.3 is 0 Å². The largest absolute Gasteiger partial charge is 0.508 e. The van der Waals surface area contributed by atoms with Crippen molar-refractivity contribution in [2.45, 2.75) is 52.2 Å². The minimum atomic E-state index is -2.70. The van der Waals surface area contributed by atoms with E-state index in [9.17, 15) is 34.8 Å². The molecule has 1 heterocycles. The van der Waals surface area contributed by atoms with Gasteiger partial charge in [0.1, 0.15) is 22.8 Å². The zero-order chi connectivity index (χ0) is 32.2. The van der Waals surface area contributed by atoms with Crippen molar-refractivity contribution < 1.29 is 34.8 Å². The number of benzene rings is 2. The Morgan fingerprint density at radius 1 is 1.05 bits per heavy atom. The van der Waals surface area contributed by atoms with E-state index in [1.54, 1.807) is 6.92 Å². The predicted molar refractivity (Wildman–Crippen MR) is 167 cm³/mol. The van der Waals surface area contributed by atoms with Crippen LogP contribution in [0.5, 0.6) is 5.75 Å². The Morgan fingerprint density at radius 3 is 2.23 bits per heavy atom. The summed E-state index contributed by atoms with van der Waals surface area (Å²) in [5.74, 6) is -7.79. The molecule has 0 radical (unpaired) electrons. The Morgan fingerprint density at radius 2 is 1.66 bits per heavy atom. The number of carbonyl (C=O) groups excluding carboxylic acids is 3. The van der Waals surface area contributed by atoms with E-state index < -0.39 is 57.9 Å². The summed E-state index contributed by atoms with van der Waals surface area (Å²) in [6.07, 6.45) is 2.62. The number of nitrogens with zero attached hydrogens (tertiary/aromatic N) is 2. The highest BCUT2D eigenvalue weighted by Gasteiger charge is 2.57. The number of ketones is 2. The summed E-state index contributed by atoms with van der Waals surface area (Å²) in [4.78, 5) is 43.3. The number of fused-ring (bicyclic) bond motifs is 1. The summed E-state index contributed by atoms with van der Waals surface area (Å²) in [6, 6.07) is 9.73. The summed E-state index contributed by atoms with van der Waals surface area (Å²) in [5.41, 5.74) is 5.35. The third kappa shape index (κ3) is 4.86. The molecule has 5 rings (SSSR count). The second-order valence-corrected chi connectivity index (χ2v) is 12.7. The maximum Gasteiger partial charge on any atom is 0.255 e. The minimum absolute atomic E-state index is 0.0589. The van der Waals surface area contributed by atoms with Crippen molar-refractivity contribution in [3.8, 4) is 16.9 Å². The van der Waals surface area contributed by atoms with Crippen LogP contribution in [0.25, 0.3) is 16.9 Å². The van der Waals surface area contributed by atoms with Crippen LogP contribution in [0, 0.1) is 17.8 Å². The molecule has 0 bridgehead atoms. The van der Waals surface area contributed by atoms with Crippen LogP contribution in [0.15, 0.2) is 47.2 Å². The number of phenolic OH excluding ortho intramolecular Hbond substituents is 1. The van der Waals surface area contributed by atoms with Gasteiger partial charge in [-0.3, -0.25) is 19.3 Å². The number of carbonyl (C=O) groups is 3. The zero-order valence-corrected chi connectivity index (χ0v) is 25.8. The lowest BCUT2D eigenvalue weighted by atomic mass is 9.65. The molecule has 10 nitrogen and oxygen atoms in total.